The summed E-state index contributed by atoms with van der Waals surface area (Å²) in [6.07, 6.45) is 2.18. The molecule has 2 fully saturated rings. The van der Waals surface area contributed by atoms with Crippen molar-refractivity contribution >= 4 is 23.6 Å². The van der Waals surface area contributed by atoms with Gasteiger partial charge in [-0.25, -0.2) is 0 Å². The molecule has 2 aliphatic rings. The molecule has 0 aliphatic carbocycles. The summed E-state index contributed by atoms with van der Waals surface area (Å²) in [5.41, 5.74) is 0. The smallest absolute Gasteiger partial charge is 0.246 e. The van der Waals surface area contributed by atoms with Crippen LogP contribution in [0.25, 0.3) is 0 Å². The number of amides is 2. The van der Waals surface area contributed by atoms with Crippen LogP contribution in [0.15, 0.2) is 0 Å². The van der Waals surface area contributed by atoms with Crippen LogP contribution >= 0.6 is 11.8 Å². The lowest BCUT2D eigenvalue weighted by Gasteiger charge is -2.40. The van der Waals surface area contributed by atoms with Crippen LogP contribution in [0.5, 0.6) is 0 Å². The van der Waals surface area contributed by atoms with Gasteiger partial charge in [-0.1, -0.05) is 13.8 Å². The maximum Gasteiger partial charge on any atom is 0.246 e. The molecule has 0 radical (unpaired) electrons. The van der Waals surface area contributed by atoms with Gasteiger partial charge in [0.2, 0.25) is 11.8 Å². The van der Waals surface area contributed by atoms with Gasteiger partial charge < -0.3 is 10.2 Å². The van der Waals surface area contributed by atoms with Crippen molar-refractivity contribution in [1.29, 1.82) is 0 Å². The van der Waals surface area contributed by atoms with Gasteiger partial charge >= 0.3 is 0 Å². The Morgan fingerprint density at radius 1 is 1.41 bits per heavy atom. The Labute approximate surface area is 106 Å². The molecule has 2 aliphatic heterocycles. The second kappa shape index (κ2) is 5.29. The Bertz CT molecular complexity index is 314. The molecule has 5 heteroatoms. The maximum atomic E-state index is 12.3. The summed E-state index contributed by atoms with van der Waals surface area (Å²) < 4.78 is 0. The fourth-order valence-electron chi connectivity index (χ4n) is 2.42. The minimum absolute atomic E-state index is 0.0149. The topological polar surface area (TPSA) is 49.4 Å². The molecule has 1 N–H and O–H groups in total. The first-order valence-electron chi connectivity index (χ1n) is 6.27. The first-order valence-corrected chi connectivity index (χ1v) is 7.42. The number of thioether (sulfide) groups is 1. The number of hydrogen-bond acceptors (Lipinski definition) is 3. The van der Waals surface area contributed by atoms with Crippen molar-refractivity contribution in [2.24, 2.45) is 5.92 Å². The zero-order valence-corrected chi connectivity index (χ0v) is 11.3. The number of nitrogens with one attached hydrogen (secondary N) is 1. The highest BCUT2D eigenvalue weighted by molar-refractivity contribution is 7.99. The van der Waals surface area contributed by atoms with E-state index < -0.39 is 0 Å². The van der Waals surface area contributed by atoms with Crippen molar-refractivity contribution in [2.45, 2.75) is 38.8 Å². The number of rotatable bonds is 2. The third kappa shape index (κ3) is 2.76. The predicted octanol–water partition coefficient (Wildman–Crippen LogP) is 0.865. The predicted molar refractivity (Wildman–Crippen MR) is 68.8 cm³/mol. The van der Waals surface area contributed by atoms with Crippen LogP contribution < -0.4 is 5.32 Å². The molecule has 0 aromatic carbocycles. The molecule has 0 bridgehead atoms. The summed E-state index contributed by atoms with van der Waals surface area (Å²) in [6, 6.07) is -0.0725. The Morgan fingerprint density at radius 2 is 2.18 bits per heavy atom. The van der Waals surface area contributed by atoms with Gasteiger partial charge in [-0.3, -0.25) is 9.59 Å². The van der Waals surface area contributed by atoms with Gasteiger partial charge in [-0.2, -0.15) is 11.8 Å². The average Bonchev–Trinajstić information content (AvgIpc) is 2.32. The molecule has 0 aromatic rings. The van der Waals surface area contributed by atoms with E-state index >= 15 is 0 Å². The third-order valence-electron chi connectivity index (χ3n) is 3.42. The lowest BCUT2D eigenvalue weighted by molar-refractivity contribution is -0.147. The summed E-state index contributed by atoms with van der Waals surface area (Å²) in [5.74, 6) is 2.40. The van der Waals surface area contributed by atoms with Crippen molar-refractivity contribution in [1.82, 2.24) is 10.2 Å². The Kier molecular flexibility index (Phi) is 3.97. The van der Waals surface area contributed by atoms with Crippen LogP contribution in [0.2, 0.25) is 0 Å². The number of carbonyl (C=O) groups is 2. The van der Waals surface area contributed by atoms with E-state index in [0.29, 0.717) is 0 Å². The van der Waals surface area contributed by atoms with Gasteiger partial charge in [0.25, 0.3) is 0 Å². The molecule has 4 nitrogen and oxygen atoms in total. The van der Waals surface area contributed by atoms with Crippen LogP contribution in [0, 0.1) is 5.92 Å². The lowest BCUT2D eigenvalue weighted by Crippen LogP contribution is -2.62. The first-order chi connectivity index (χ1) is 8.09. The minimum Gasteiger partial charge on any atom is -0.343 e. The molecule has 0 saturated carbocycles. The van der Waals surface area contributed by atoms with E-state index in [1.165, 1.54) is 5.75 Å². The fourth-order valence-corrected chi connectivity index (χ4v) is 3.58. The molecule has 0 aromatic heterocycles. The van der Waals surface area contributed by atoms with Crippen molar-refractivity contribution in [3.8, 4) is 0 Å². The zero-order chi connectivity index (χ0) is 12.4. The van der Waals surface area contributed by atoms with Gasteiger partial charge in [0, 0.05) is 11.8 Å². The molecule has 2 heterocycles. The normalized spacial score (nSPS) is 30.6. The van der Waals surface area contributed by atoms with Crippen molar-refractivity contribution in [3.63, 3.8) is 0 Å². The maximum absolute atomic E-state index is 12.3. The average molecular weight is 256 g/mol. The van der Waals surface area contributed by atoms with Gasteiger partial charge in [-0.15, -0.1) is 0 Å². The molecule has 2 unspecified atom stereocenters. The molecule has 2 rings (SSSR count). The molecular formula is C12H20N2O2S. The van der Waals surface area contributed by atoms with E-state index in [4.69, 9.17) is 0 Å². The summed E-state index contributed by atoms with van der Waals surface area (Å²) >= 11 is 1.88. The van der Waals surface area contributed by atoms with Crippen molar-refractivity contribution in [3.05, 3.63) is 0 Å². The summed E-state index contributed by atoms with van der Waals surface area (Å²) in [4.78, 5) is 25.8. The van der Waals surface area contributed by atoms with E-state index in [2.05, 4.69) is 5.32 Å². The molecule has 0 spiro atoms. The largest absolute Gasteiger partial charge is 0.343 e. The number of nitrogens with zero attached hydrogens (tertiary/aromatic N) is 1. The summed E-state index contributed by atoms with van der Waals surface area (Å²) in [5, 5.41) is 2.80. The Morgan fingerprint density at radius 3 is 2.76 bits per heavy atom. The van der Waals surface area contributed by atoms with E-state index in [9.17, 15) is 9.59 Å². The SMILES string of the molecule is CC(C)C1NC(=O)CN(C2CCCSC2)C1=O. The third-order valence-corrected chi connectivity index (χ3v) is 4.62. The van der Waals surface area contributed by atoms with Gasteiger partial charge in [0.1, 0.15) is 6.04 Å². The minimum atomic E-state index is -0.330. The molecule has 2 saturated heterocycles. The Hall–Kier alpha value is -0.710. The number of piperazine rings is 1. The fraction of sp³-hybridized carbons (Fsp3) is 0.833. The molecule has 96 valence electrons. The summed E-state index contributed by atoms with van der Waals surface area (Å²) in [7, 11) is 0. The highest BCUT2D eigenvalue weighted by atomic mass is 32.2. The molecule has 2 atom stereocenters. The quantitative estimate of drug-likeness (QED) is 0.797. The van der Waals surface area contributed by atoms with Crippen LogP contribution in [-0.2, 0) is 9.59 Å². The van der Waals surface area contributed by atoms with Crippen molar-refractivity contribution < 1.29 is 9.59 Å². The highest BCUT2D eigenvalue weighted by Crippen LogP contribution is 2.24. The van der Waals surface area contributed by atoms with E-state index in [0.717, 1.165) is 18.6 Å². The van der Waals surface area contributed by atoms with Gasteiger partial charge in [0.15, 0.2) is 0 Å². The Balaban J connectivity index is 2.09. The first kappa shape index (κ1) is 12.7. The monoisotopic (exact) mass is 256 g/mol. The molecular weight excluding hydrogens is 236 g/mol. The standard InChI is InChI=1S/C12H20N2O2S/c1-8(2)11-12(16)14(6-10(15)13-11)9-4-3-5-17-7-9/h8-9,11H,3-7H2,1-2H3,(H,13,15). The van der Waals surface area contributed by atoms with Crippen LogP contribution in [0.4, 0.5) is 0 Å². The number of carbonyl (C=O) groups excluding carboxylic acids is 2. The van der Waals surface area contributed by atoms with Crippen LogP contribution in [-0.4, -0.2) is 46.8 Å². The van der Waals surface area contributed by atoms with Crippen LogP contribution in [0.1, 0.15) is 26.7 Å². The second-order valence-electron chi connectivity index (χ2n) is 5.13. The van der Waals surface area contributed by atoms with Crippen molar-refractivity contribution in [2.75, 3.05) is 18.1 Å². The van der Waals surface area contributed by atoms with Gasteiger partial charge in [-0.05, 0) is 24.5 Å². The second-order valence-corrected chi connectivity index (χ2v) is 6.28. The van der Waals surface area contributed by atoms with E-state index in [-0.39, 0.29) is 36.4 Å². The molecule has 17 heavy (non-hydrogen) atoms. The molecule has 2 amide bonds. The van der Waals surface area contributed by atoms with Crippen LogP contribution in [0.3, 0.4) is 0 Å². The summed E-state index contributed by atoms with van der Waals surface area (Å²) in [6.45, 7) is 4.19. The van der Waals surface area contributed by atoms with Gasteiger partial charge in [0.05, 0.1) is 6.54 Å². The van der Waals surface area contributed by atoms with E-state index in [1.54, 1.807) is 4.90 Å². The van der Waals surface area contributed by atoms with E-state index in [1.807, 2.05) is 25.6 Å². The lowest BCUT2D eigenvalue weighted by atomic mass is 9.99. The zero-order valence-electron chi connectivity index (χ0n) is 10.4. The number of hydrogen-bond donors (Lipinski definition) is 1. The highest BCUT2D eigenvalue weighted by Gasteiger charge is 2.38.